The Balaban J connectivity index is 2.65. The minimum atomic E-state index is -4.32. The smallest absolute Gasteiger partial charge is 0.320 e. The highest BCUT2D eigenvalue weighted by molar-refractivity contribution is 9.10. The molecule has 1 aromatic heterocycles. The maximum absolute atomic E-state index is 12.0. The first-order chi connectivity index (χ1) is 5.91. The van der Waals surface area contributed by atoms with Gasteiger partial charge in [-0.25, -0.2) is 0 Å². The third-order valence-corrected chi connectivity index (χ3v) is 3.47. The molecular weight excluding hydrogens is 267 g/mol. The standard InChI is InChI=1S/C7H7BrF3NS/c8-4-1-2-13-5(4)3-6(12)7(9,10)11/h1-2,6H,3,12H2. The zero-order chi connectivity index (χ0) is 10.1. The first-order valence-electron chi connectivity index (χ1n) is 3.45. The van der Waals surface area contributed by atoms with Crippen molar-refractivity contribution in [3.8, 4) is 0 Å². The van der Waals surface area contributed by atoms with E-state index in [1.54, 1.807) is 11.4 Å². The molecule has 1 atom stereocenters. The highest BCUT2D eigenvalue weighted by Crippen LogP contribution is 2.28. The summed E-state index contributed by atoms with van der Waals surface area (Å²) in [6.45, 7) is 0. The largest absolute Gasteiger partial charge is 0.403 e. The molecule has 0 saturated carbocycles. The molecule has 6 heteroatoms. The number of halogens is 4. The molecule has 0 radical (unpaired) electrons. The lowest BCUT2D eigenvalue weighted by atomic mass is 10.2. The highest BCUT2D eigenvalue weighted by atomic mass is 79.9. The molecule has 1 rings (SSSR count). The van der Waals surface area contributed by atoms with Gasteiger partial charge in [0.05, 0.1) is 0 Å². The van der Waals surface area contributed by atoms with Crippen LogP contribution in [-0.4, -0.2) is 12.2 Å². The second-order valence-corrected chi connectivity index (χ2v) is 4.40. The SMILES string of the molecule is NC(Cc1sccc1Br)C(F)(F)F. The predicted octanol–water partition coefficient (Wildman–Crippen LogP) is 2.94. The molecule has 0 fully saturated rings. The summed E-state index contributed by atoms with van der Waals surface area (Å²) in [7, 11) is 0. The highest BCUT2D eigenvalue weighted by Gasteiger charge is 2.36. The van der Waals surface area contributed by atoms with Crippen LogP contribution in [0, 0.1) is 0 Å². The second kappa shape index (κ2) is 3.98. The Bertz CT molecular complexity index is 284. The zero-order valence-electron chi connectivity index (χ0n) is 6.44. The Morgan fingerprint density at radius 2 is 2.15 bits per heavy atom. The molecule has 1 heterocycles. The van der Waals surface area contributed by atoms with Crippen LogP contribution in [0.4, 0.5) is 13.2 Å². The summed E-state index contributed by atoms with van der Waals surface area (Å²) in [4.78, 5) is 0.629. The molecule has 0 aromatic carbocycles. The van der Waals surface area contributed by atoms with Gasteiger partial charge in [-0.05, 0) is 27.4 Å². The van der Waals surface area contributed by atoms with Crippen molar-refractivity contribution in [2.24, 2.45) is 5.73 Å². The van der Waals surface area contributed by atoms with Crippen LogP contribution < -0.4 is 5.73 Å². The number of hydrogen-bond donors (Lipinski definition) is 1. The molecule has 0 aliphatic heterocycles. The van der Waals surface area contributed by atoms with Gasteiger partial charge in [0.1, 0.15) is 6.04 Å². The summed E-state index contributed by atoms with van der Waals surface area (Å²) in [6, 6.07) is -0.0641. The van der Waals surface area contributed by atoms with E-state index in [0.717, 1.165) is 0 Å². The quantitative estimate of drug-likeness (QED) is 0.881. The zero-order valence-corrected chi connectivity index (χ0v) is 8.84. The minimum Gasteiger partial charge on any atom is -0.320 e. The van der Waals surface area contributed by atoms with Crippen molar-refractivity contribution in [2.45, 2.75) is 18.6 Å². The number of nitrogens with two attached hydrogens (primary N) is 1. The van der Waals surface area contributed by atoms with E-state index in [1.165, 1.54) is 11.3 Å². The van der Waals surface area contributed by atoms with Gasteiger partial charge in [-0.2, -0.15) is 13.2 Å². The van der Waals surface area contributed by atoms with Gasteiger partial charge in [-0.1, -0.05) is 0 Å². The van der Waals surface area contributed by atoms with E-state index >= 15 is 0 Å². The molecule has 0 saturated heterocycles. The Labute approximate surface area is 85.9 Å². The van der Waals surface area contributed by atoms with Gasteiger partial charge < -0.3 is 5.73 Å². The average Bonchev–Trinajstić information content (AvgIpc) is 2.34. The summed E-state index contributed by atoms with van der Waals surface area (Å²) in [5, 5.41) is 1.72. The Kier molecular flexibility index (Phi) is 3.37. The van der Waals surface area contributed by atoms with Gasteiger partial charge in [0.25, 0.3) is 0 Å². The maximum atomic E-state index is 12.0. The second-order valence-electron chi connectivity index (χ2n) is 2.54. The van der Waals surface area contributed by atoms with E-state index in [9.17, 15) is 13.2 Å². The summed E-state index contributed by atoms with van der Waals surface area (Å²) >= 11 is 4.42. The van der Waals surface area contributed by atoms with Crippen molar-refractivity contribution in [1.82, 2.24) is 0 Å². The van der Waals surface area contributed by atoms with E-state index in [0.29, 0.717) is 9.35 Å². The first-order valence-corrected chi connectivity index (χ1v) is 5.12. The fourth-order valence-corrected chi connectivity index (χ4v) is 2.36. The lowest BCUT2D eigenvalue weighted by Gasteiger charge is -2.14. The van der Waals surface area contributed by atoms with E-state index < -0.39 is 12.2 Å². The minimum absolute atomic E-state index is 0.165. The van der Waals surface area contributed by atoms with Crippen LogP contribution in [0.5, 0.6) is 0 Å². The van der Waals surface area contributed by atoms with Gasteiger partial charge in [0, 0.05) is 15.8 Å². The van der Waals surface area contributed by atoms with Crippen molar-refractivity contribution in [3.63, 3.8) is 0 Å². The average molecular weight is 274 g/mol. The Morgan fingerprint density at radius 1 is 1.54 bits per heavy atom. The molecule has 0 aliphatic carbocycles. The van der Waals surface area contributed by atoms with Crippen molar-refractivity contribution in [2.75, 3.05) is 0 Å². The molecule has 0 amide bonds. The normalized spacial score (nSPS) is 14.5. The fraction of sp³-hybridized carbons (Fsp3) is 0.429. The third-order valence-electron chi connectivity index (χ3n) is 1.52. The molecule has 1 aromatic rings. The van der Waals surface area contributed by atoms with Crippen LogP contribution >= 0.6 is 27.3 Å². The Hall–Kier alpha value is -0.0700. The fourth-order valence-electron chi connectivity index (χ4n) is 0.786. The topological polar surface area (TPSA) is 26.0 Å². The van der Waals surface area contributed by atoms with Gasteiger partial charge in [-0.3, -0.25) is 0 Å². The van der Waals surface area contributed by atoms with Crippen molar-refractivity contribution >= 4 is 27.3 Å². The van der Waals surface area contributed by atoms with Gasteiger partial charge in [0.15, 0.2) is 0 Å². The number of thiophene rings is 1. The summed E-state index contributed by atoms with van der Waals surface area (Å²) in [5.74, 6) is 0. The maximum Gasteiger partial charge on any atom is 0.403 e. The van der Waals surface area contributed by atoms with Crippen molar-refractivity contribution in [3.05, 3.63) is 20.8 Å². The lowest BCUT2D eigenvalue weighted by molar-refractivity contribution is -0.147. The number of alkyl halides is 3. The molecule has 1 nitrogen and oxygen atoms in total. The molecular formula is C7H7BrF3NS. The van der Waals surface area contributed by atoms with E-state index in [2.05, 4.69) is 15.9 Å². The molecule has 13 heavy (non-hydrogen) atoms. The van der Waals surface area contributed by atoms with E-state index in [-0.39, 0.29) is 6.42 Å². The van der Waals surface area contributed by atoms with Crippen molar-refractivity contribution < 1.29 is 13.2 Å². The lowest BCUT2D eigenvalue weighted by Crippen LogP contribution is -2.38. The van der Waals surface area contributed by atoms with Crippen molar-refractivity contribution in [1.29, 1.82) is 0 Å². The number of hydrogen-bond acceptors (Lipinski definition) is 2. The van der Waals surface area contributed by atoms with Crippen LogP contribution in [-0.2, 0) is 6.42 Å². The summed E-state index contributed by atoms with van der Waals surface area (Å²) in [6.07, 6.45) is -4.48. The van der Waals surface area contributed by atoms with Crippen LogP contribution in [0.1, 0.15) is 4.88 Å². The van der Waals surface area contributed by atoms with Gasteiger partial charge in [0.2, 0.25) is 0 Å². The molecule has 0 aliphatic rings. The third kappa shape index (κ3) is 2.96. The molecule has 74 valence electrons. The van der Waals surface area contributed by atoms with Crippen LogP contribution in [0.25, 0.3) is 0 Å². The molecule has 0 spiro atoms. The van der Waals surface area contributed by atoms with Crippen LogP contribution in [0.3, 0.4) is 0 Å². The molecule has 0 bridgehead atoms. The Morgan fingerprint density at radius 3 is 2.54 bits per heavy atom. The van der Waals surface area contributed by atoms with E-state index in [1.807, 2.05) is 0 Å². The first kappa shape index (κ1) is 11.0. The van der Waals surface area contributed by atoms with Crippen LogP contribution in [0.2, 0.25) is 0 Å². The monoisotopic (exact) mass is 273 g/mol. The number of rotatable bonds is 2. The molecule has 1 unspecified atom stereocenters. The van der Waals surface area contributed by atoms with Gasteiger partial charge >= 0.3 is 6.18 Å². The predicted molar refractivity (Wildman–Crippen MR) is 49.8 cm³/mol. The summed E-state index contributed by atoms with van der Waals surface area (Å²) < 4.78 is 36.8. The summed E-state index contributed by atoms with van der Waals surface area (Å²) in [5.41, 5.74) is 4.97. The van der Waals surface area contributed by atoms with E-state index in [4.69, 9.17) is 5.73 Å². The van der Waals surface area contributed by atoms with Crippen LogP contribution in [0.15, 0.2) is 15.9 Å². The van der Waals surface area contributed by atoms with Gasteiger partial charge in [-0.15, -0.1) is 11.3 Å². The molecule has 2 N–H and O–H groups in total.